The molecule has 6 heteroatoms. The van der Waals surface area contributed by atoms with Gasteiger partial charge in [0, 0.05) is 22.6 Å². The van der Waals surface area contributed by atoms with Crippen molar-refractivity contribution < 1.29 is 19.4 Å². The molecule has 2 N–H and O–H groups in total. The predicted octanol–water partition coefficient (Wildman–Crippen LogP) is 2.26. The van der Waals surface area contributed by atoms with Crippen LogP contribution in [0.15, 0.2) is 10.5 Å². The molecule has 0 saturated carbocycles. The van der Waals surface area contributed by atoms with Crippen LogP contribution in [-0.4, -0.2) is 30.8 Å². The molecule has 1 aromatic carbocycles. The van der Waals surface area contributed by atoms with Gasteiger partial charge in [0.2, 0.25) is 0 Å². The third kappa shape index (κ3) is 2.27. The van der Waals surface area contributed by atoms with E-state index in [-0.39, 0.29) is 12.0 Å². The Bertz CT molecular complexity index is 561. The van der Waals surface area contributed by atoms with Gasteiger partial charge in [0.15, 0.2) is 11.5 Å². The molecule has 0 aliphatic carbocycles. The fraction of sp³-hybridized carbons (Fsp3) is 0.500. The second kappa shape index (κ2) is 5.26. The minimum atomic E-state index is -0.751. The zero-order chi connectivity index (χ0) is 14.3. The zero-order valence-electron chi connectivity index (χ0n) is 11.1. The lowest BCUT2D eigenvalue weighted by molar-refractivity contribution is -0.141. The highest BCUT2D eigenvalue weighted by atomic mass is 79.9. The lowest BCUT2D eigenvalue weighted by atomic mass is 9.95. The summed E-state index contributed by atoms with van der Waals surface area (Å²) >= 11 is 3.54. The van der Waals surface area contributed by atoms with E-state index < -0.39 is 5.97 Å². The Hall–Kier alpha value is -1.27. The van der Waals surface area contributed by atoms with Crippen molar-refractivity contribution in [2.75, 3.05) is 19.8 Å². The summed E-state index contributed by atoms with van der Waals surface area (Å²) < 4.78 is 12.4. The molecule has 1 aromatic rings. The first-order valence-corrected chi connectivity index (χ1v) is 7.42. The van der Waals surface area contributed by atoms with E-state index in [1.165, 1.54) is 0 Å². The summed E-state index contributed by atoms with van der Waals surface area (Å²) in [5, 5.41) is 12.4. The number of halogens is 1. The van der Waals surface area contributed by atoms with Gasteiger partial charge in [-0.1, -0.05) is 15.9 Å². The van der Waals surface area contributed by atoms with Crippen molar-refractivity contribution in [2.24, 2.45) is 5.92 Å². The molecule has 0 bridgehead atoms. The van der Waals surface area contributed by atoms with Crippen LogP contribution in [0.3, 0.4) is 0 Å². The van der Waals surface area contributed by atoms with Crippen molar-refractivity contribution in [1.29, 1.82) is 0 Å². The van der Waals surface area contributed by atoms with Gasteiger partial charge >= 0.3 is 5.97 Å². The lowest BCUT2D eigenvalue weighted by Crippen LogP contribution is -2.21. The first kappa shape index (κ1) is 13.7. The maximum Gasteiger partial charge on any atom is 0.307 e. The fourth-order valence-corrected chi connectivity index (χ4v) is 3.26. The average molecular weight is 342 g/mol. The summed E-state index contributed by atoms with van der Waals surface area (Å²) in [5.41, 5.74) is 2.08. The molecule has 2 heterocycles. The molecule has 0 spiro atoms. The smallest absolute Gasteiger partial charge is 0.307 e. The van der Waals surface area contributed by atoms with E-state index in [0.717, 1.165) is 27.1 Å². The Morgan fingerprint density at radius 3 is 2.90 bits per heavy atom. The minimum Gasteiger partial charge on any atom is -0.486 e. The monoisotopic (exact) mass is 341 g/mol. The van der Waals surface area contributed by atoms with E-state index in [1.54, 1.807) is 0 Å². The molecule has 3 rings (SSSR count). The number of nitrogens with one attached hydrogen (secondary N) is 1. The van der Waals surface area contributed by atoms with Gasteiger partial charge in [-0.25, -0.2) is 0 Å². The number of carboxylic acids is 1. The Labute approximate surface area is 125 Å². The van der Waals surface area contributed by atoms with Gasteiger partial charge in [0.25, 0.3) is 0 Å². The van der Waals surface area contributed by atoms with Crippen LogP contribution < -0.4 is 14.8 Å². The van der Waals surface area contributed by atoms with Gasteiger partial charge in [0.1, 0.15) is 13.2 Å². The van der Waals surface area contributed by atoms with Crippen LogP contribution in [-0.2, 0) is 4.79 Å². The number of ether oxygens (including phenoxy) is 2. The van der Waals surface area contributed by atoms with Crippen molar-refractivity contribution in [1.82, 2.24) is 5.32 Å². The summed E-state index contributed by atoms with van der Waals surface area (Å²) in [7, 11) is 0. The third-order valence-corrected chi connectivity index (χ3v) is 4.73. The minimum absolute atomic E-state index is 0.0101. The lowest BCUT2D eigenvalue weighted by Gasteiger charge is -2.26. The van der Waals surface area contributed by atoms with Gasteiger partial charge in [-0.2, -0.15) is 0 Å². The SMILES string of the molecule is Cc1c(Br)cc2c(c1C1CC(C(=O)O)CN1)OCCO2. The number of aliphatic carboxylic acids is 1. The number of rotatable bonds is 2. The van der Waals surface area contributed by atoms with Crippen LogP contribution in [0, 0.1) is 12.8 Å². The second-order valence-corrected chi connectivity index (χ2v) is 6.01. The number of benzene rings is 1. The molecule has 0 radical (unpaired) electrons. The van der Waals surface area contributed by atoms with Crippen LogP contribution in [0.2, 0.25) is 0 Å². The van der Waals surface area contributed by atoms with E-state index in [9.17, 15) is 4.79 Å². The normalized spacial score (nSPS) is 24.7. The molecule has 5 nitrogen and oxygen atoms in total. The van der Waals surface area contributed by atoms with Gasteiger partial charge < -0.3 is 19.9 Å². The van der Waals surface area contributed by atoms with Crippen LogP contribution in [0.1, 0.15) is 23.6 Å². The Balaban J connectivity index is 2.00. The summed E-state index contributed by atoms with van der Waals surface area (Å²) in [4.78, 5) is 11.1. The largest absolute Gasteiger partial charge is 0.486 e. The highest BCUT2D eigenvalue weighted by molar-refractivity contribution is 9.10. The zero-order valence-corrected chi connectivity index (χ0v) is 12.7. The molecule has 2 aliphatic rings. The first-order valence-electron chi connectivity index (χ1n) is 6.62. The molecule has 2 aliphatic heterocycles. The van der Waals surface area contributed by atoms with E-state index in [0.29, 0.717) is 26.2 Å². The van der Waals surface area contributed by atoms with E-state index in [4.69, 9.17) is 14.6 Å². The predicted molar refractivity (Wildman–Crippen MR) is 76.4 cm³/mol. The standard InChI is InChI=1S/C14H16BrNO4/c1-7-9(15)5-11-13(20-3-2-19-11)12(7)10-4-8(6-16-10)14(17)18/h5,8,10,16H,2-4,6H2,1H3,(H,17,18). The van der Waals surface area contributed by atoms with Gasteiger partial charge in [-0.3, -0.25) is 4.79 Å². The van der Waals surface area contributed by atoms with Crippen LogP contribution in [0.5, 0.6) is 11.5 Å². The topological polar surface area (TPSA) is 67.8 Å². The van der Waals surface area contributed by atoms with Gasteiger partial charge in [-0.05, 0) is 25.0 Å². The maximum atomic E-state index is 11.1. The quantitative estimate of drug-likeness (QED) is 0.863. The molecule has 2 unspecified atom stereocenters. The summed E-state index contributed by atoms with van der Waals surface area (Å²) in [6.07, 6.45) is 0.572. The molecule has 0 aromatic heterocycles. The molecule has 1 fully saturated rings. The highest BCUT2D eigenvalue weighted by Gasteiger charge is 2.34. The van der Waals surface area contributed by atoms with Gasteiger partial charge in [-0.15, -0.1) is 0 Å². The Kier molecular flexibility index (Phi) is 3.60. The molecule has 1 saturated heterocycles. The number of carbonyl (C=O) groups is 1. The van der Waals surface area contributed by atoms with Crippen LogP contribution >= 0.6 is 15.9 Å². The summed E-state index contributed by atoms with van der Waals surface area (Å²) in [6.45, 7) is 3.56. The van der Waals surface area contributed by atoms with Crippen molar-refractivity contribution in [3.8, 4) is 11.5 Å². The number of hydrogen-bond acceptors (Lipinski definition) is 4. The molecular weight excluding hydrogens is 326 g/mol. The average Bonchev–Trinajstić information content (AvgIpc) is 2.90. The van der Waals surface area contributed by atoms with E-state index in [2.05, 4.69) is 21.2 Å². The maximum absolute atomic E-state index is 11.1. The molecule has 20 heavy (non-hydrogen) atoms. The molecule has 108 valence electrons. The van der Waals surface area contributed by atoms with Crippen molar-refractivity contribution in [3.05, 3.63) is 21.7 Å². The number of fused-ring (bicyclic) bond motifs is 1. The van der Waals surface area contributed by atoms with Crippen LogP contribution in [0.25, 0.3) is 0 Å². The number of hydrogen-bond donors (Lipinski definition) is 2. The van der Waals surface area contributed by atoms with E-state index >= 15 is 0 Å². The second-order valence-electron chi connectivity index (χ2n) is 5.15. The Morgan fingerprint density at radius 1 is 1.45 bits per heavy atom. The summed E-state index contributed by atoms with van der Waals surface area (Å²) in [5.74, 6) is 0.377. The van der Waals surface area contributed by atoms with Gasteiger partial charge in [0.05, 0.1) is 5.92 Å². The molecule has 2 atom stereocenters. The number of carboxylic acid groups (broad SMARTS) is 1. The first-order chi connectivity index (χ1) is 9.58. The molecular formula is C14H16BrNO4. The van der Waals surface area contributed by atoms with E-state index in [1.807, 2.05) is 13.0 Å². The Morgan fingerprint density at radius 2 is 2.20 bits per heavy atom. The highest BCUT2D eigenvalue weighted by Crippen LogP contribution is 2.45. The summed E-state index contributed by atoms with van der Waals surface area (Å²) in [6, 6.07) is 1.90. The van der Waals surface area contributed by atoms with Crippen molar-refractivity contribution in [3.63, 3.8) is 0 Å². The van der Waals surface area contributed by atoms with Crippen molar-refractivity contribution >= 4 is 21.9 Å². The van der Waals surface area contributed by atoms with Crippen LogP contribution in [0.4, 0.5) is 0 Å². The third-order valence-electron chi connectivity index (χ3n) is 3.90. The molecule has 0 amide bonds. The fourth-order valence-electron chi connectivity index (χ4n) is 2.84. The van der Waals surface area contributed by atoms with Crippen molar-refractivity contribution in [2.45, 2.75) is 19.4 Å².